The number of aromatic nitrogens is 2. The number of nitrogen functional groups attached to an aromatic ring is 1. The van der Waals surface area contributed by atoms with E-state index in [4.69, 9.17) is 10.5 Å². The summed E-state index contributed by atoms with van der Waals surface area (Å²) in [5.41, 5.74) is 7.44. The van der Waals surface area contributed by atoms with E-state index in [1.165, 1.54) is 33.5 Å². The summed E-state index contributed by atoms with van der Waals surface area (Å²) in [5.74, 6) is 0.710. The molecule has 0 aliphatic carbocycles. The summed E-state index contributed by atoms with van der Waals surface area (Å²) in [6, 6.07) is 8.15. The molecule has 0 bridgehead atoms. The molecular formula is C26H38N6O4S. The summed E-state index contributed by atoms with van der Waals surface area (Å²) < 4.78 is 5.23. The lowest BCUT2D eigenvalue weighted by Crippen LogP contribution is -2.49. The Balaban J connectivity index is 2.52. The first kappa shape index (κ1) is 29.9. The monoisotopic (exact) mass is 530 g/mol. The van der Waals surface area contributed by atoms with Crippen molar-refractivity contribution in [3.8, 4) is 0 Å². The molecule has 0 spiro atoms. The van der Waals surface area contributed by atoms with Crippen molar-refractivity contribution in [2.24, 2.45) is 5.92 Å². The molecule has 2 aromatic rings. The zero-order valence-corrected chi connectivity index (χ0v) is 23.3. The molecule has 0 aliphatic heterocycles. The van der Waals surface area contributed by atoms with Crippen molar-refractivity contribution in [3.05, 3.63) is 35.9 Å². The van der Waals surface area contributed by atoms with Gasteiger partial charge in [-0.2, -0.15) is 0 Å². The number of ether oxygens (including phenoxy) is 1. The maximum atomic E-state index is 13.6. The van der Waals surface area contributed by atoms with E-state index in [-0.39, 0.29) is 36.4 Å². The van der Waals surface area contributed by atoms with Crippen molar-refractivity contribution in [1.29, 1.82) is 0 Å². The topological polar surface area (TPSA) is 122 Å². The van der Waals surface area contributed by atoms with Crippen LogP contribution in [0.25, 0.3) is 0 Å². The number of carbonyl (C=O) groups excluding carboxylic acids is 3. The van der Waals surface area contributed by atoms with Gasteiger partial charge < -0.3 is 15.4 Å². The first-order valence-corrected chi connectivity index (χ1v) is 13.4. The van der Waals surface area contributed by atoms with Crippen LogP contribution in [-0.4, -0.2) is 65.8 Å². The molecule has 1 aromatic carbocycles. The third kappa shape index (κ3) is 8.08. The Morgan fingerprint density at radius 3 is 2.38 bits per heavy atom. The van der Waals surface area contributed by atoms with Crippen LogP contribution in [0.5, 0.6) is 0 Å². The smallest absolute Gasteiger partial charge is 0.328 e. The Bertz CT molecular complexity index is 1050. The average Bonchev–Trinajstić information content (AvgIpc) is 2.88. The Kier molecular flexibility index (Phi) is 11.6. The number of amides is 3. The average molecular weight is 531 g/mol. The van der Waals surface area contributed by atoms with Crippen LogP contribution in [0.1, 0.15) is 46.1 Å². The number of urea groups is 1. The fourth-order valence-corrected chi connectivity index (χ4v) is 4.42. The first-order valence-electron chi connectivity index (χ1n) is 12.4. The molecule has 2 rings (SSSR count). The van der Waals surface area contributed by atoms with Crippen LogP contribution >= 0.6 is 11.8 Å². The summed E-state index contributed by atoms with van der Waals surface area (Å²) >= 11 is 1.42. The second-order valence-electron chi connectivity index (χ2n) is 8.98. The van der Waals surface area contributed by atoms with E-state index < -0.39 is 18.0 Å². The molecule has 1 atom stereocenters. The fourth-order valence-electron chi connectivity index (χ4n) is 3.72. The number of carbonyl (C=O) groups is 3. The number of hydrogen-bond acceptors (Lipinski definition) is 8. The molecule has 0 saturated heterocycles. The van der Waals surface area contributed by atoms with Crippen molar-refractivity contribution in [2.75, 3.05) is 42.0 Å². The molecule has 1 aromatic heterocycles. The predicted molar refractivity (Wildman–Crippen MR) is 148 cm³/mol. The highest BCUT2D eigenvalue weighted by Crippen LogP contribution is 2.35. The Labute approximate surface area is 223 Å². The minimum atomic E-state index is -0.786. The van der Waals surface area contributed by atoms with Crippen molar-refractivity contribution in [2.45, 2.75) is 58.3 Å². The van der Waals surface area contributed by atoms with Gasteiger partial charge in [0.2, 0.25) is 6.41 Å². The lowest BCUT2D eigenvalue weighted by Gasteiger charge is -2.33. The second-order valence-corrected chi connectivity index (χ2v) is 10.0. The maximum absolute atomic E-state index is 13.6. The molecule has 0 aliphatic rings. The van der Waals surface area contributed by atoms with Crippen LogP contribution in [-0.2, 0) is 20.9 Å². The minimum absolute atomic E-state index is 0.0595. The number of thioether (sulfide) groups is 1. The highest BCUT2D eigenvalue weighted by atomic mass is 32.2. The first-order chi connectivity index (χ1) is 17.6. The van der Waals surface area contributed by atoms with Gasteiger partial charge in [0, 0.05) is 19.8 Å². The van der Waals surface area contributed by atoms with Gasteiger partial charge in [0.15, 0.2) is 16.8 Å². The molecule has 11 heteroatoms. The third-order valence-corrected chi connectivity index (χ3v) is 6.60. The molecule has 3 amide bonds. The van der Waals surface area contributed by atoms with Gasteiger partial charge in [-0.25, -0.2) is 19.6 Å². The third-order valence-electron chi connectivity index (χ3n) is 5.55. The van der Waals surface area contributed by atoms with Crippen LogP contribution in [0.3, 0.4) is 0 Å². The van der Waals surface area contributed by atoms with E-state index in [9.17, 15) is 14.4 Å². The SMILES string of the molecule is CCCSc1nc(N)c(N(C)C(=O)N(C)C(CC(C)C)C(=O)OCC)c(N(C=O)Cc2ccccc2)n1. The van der Waals surface area contributed by atoms with E-state index in [1.807, 2.05) is 51.1 Å². The Morgan fingerprint density at radius 2 is 1.81 bits per heavy atom. The number of esters is 1. The van der Waals surface area contributed by atoms with Crippen LogP contribution in [0.15, 0.2) is 35.5 Å². The summed E-state index contributed by atoms with van der Waals surface area (Å²) in [6.07, 6.45) is 1.99. The number of nitrogens with zero attached hydrogens (tertiary/aromatic N) is 5. The van der Waals surface area contributed by atoms with E-state index >= 15 is 0 Å². The van der Waals surface area contributed by atoms with E-state index in [0.29, 0.717) is 18.0 Å². The molecule has 0 radical (unpaired) electrons. The molecule has 0 fully saturated rings. The Morgan fingerprint density at radius 1 is 1.14 bits per heavy atom. The van der Waals surface area contributed by atoms with E-state index in [2.05, 4.69) is 9.97 Å². The van der Waals surface area contributed by atoms with Crippen LogP contribution in [0, 0.1) is 5.92 Å². The lowest BCUT2D eigenvalue weighted by atomic mass is 10.0. The number of benzene rings is 1. The zero-order valence-electron chi connectivity index (χ0n) is 22.5. The standard InChI is InChI=1S/C26H38N6O4S/c1-7-14-37-25-28-22(27)21(23(29-25)32(17-33)16-19-12-10-9-11-13-19)31(6)26(35)30(5)20(15-18(3)4)24(34)36-8-2/h9-13,17-18,20H,7-8,14-16H2,1-6H3,(H2,27,28,29). The van der Waals surface area contributed by atoms with Gasteiger partial charge in [0.25, 0.3) is 0 Å². The normalized spacial score (nSPS) is 11.6. The largest absolute Gasteiger partial charge is 0.464 e. The number of anilines is 3. The molecular weight excluding hydrogens is 492 g/mol. The van der Waals surface area contributed by atoms with Crippen LogP contribution in [0.4, 0.5) is 22.1 Å². The zero-order chi connectivity index (χ0) is 27.5. The van der Waals surface area contributed by atoms with Gasteiger partial charge in [-0.15, -0.1) is 0 Å². The van der Waals surface area contributed by atoms with Crippen LogP contribution in [0.2, 0.25) is 0 Å². The highest BCUT2D eigenvalue weighted by Gasteiger charge is 2.33. The van der Waals surface area contributed by atoms with E-state index in [1.54, 1.807) is 14.0 Å². The maximum Gasteiger partial charge on any atom is 0.328 e. The van der Waals surface area contributed by atoms with Crippen molar-refractivity contribution in [3.63, 3.8) is 0 Å². The van der Waals surface area contributed by atoms with Crippen molar-refractivity contribution in [1.82, 2.24) is 14.9 Å². The molecule has 202 valence electrons. The van der Waals surface area contributed by atoms with Gasteiger partial charge in [-0.3, -0.25) is 14.6 Å². The molecule has 10 nitrogen and oxygen atoms in total. The van der Waals surface area contributed by atoms with Gasteiger partial charge in [-0.05, 0) is 31.2 Å². The Hall–Kier alpha value is -3.34. The summed E-state index contributed by atoms with van der Waals surface area (Å²) in [7, 11) is 3.08. The van der Waals surface area contributed by atoms with E-state index in [0.717, 1.165) is 17.7 Å². The summed E-state index contributed by atoms with van der Waals surface area (Å²) in [6.45, 7) is 8.13. The molecule has 0 saturated carbocycles. The predicted octanol–water partition coefficient (Wildman–Crippen LogP) is 4.19. The van der Waals surface area contributed by atoms with Gasteiger partial charge in [-0.1, -0.05) is 62.9 Å². The second kappa shape index (κ2) is 14.4. The number of rotatable bonds is 13. The summed E-state index contributed by atoms with van der Waals surface area (Å²) in [5, 5.41) is 0.413. The molecule has 37 heavy (non-hydrogen) atoms. The summed E-state index contributed by atoms with van der Waals surface area (Å²) in [4.78, 5) is 51.6. The van der Waals surface area contributed by atoms with Gasteiger partial charge >= 0.3 is 12.0 Å². The van der Waals surface area contributed by atoms with Crippen molar-refractivity contribution < 1.29 is 19.1 Å². The fraction of sp³-hybridized carbons (Fsp3) is 0.500. The number of likely N-dealkylation sites (N-methyl/N-ethyl adjacent to an activating group) is 1. The number of nitrogens with two attached hydrogens (primary N) is 1. The molecule has 2 N–H and O–H groups in total. The lowest BCUT2D eigenvalue weighted by molar-refractivity contribution is -0.148. The highest BCUT2D eigenvalue weighted by molar-refractivity contribution is 7.99. The minimum Gasteiger partial charge on any atom is -0.464 e. The van der Waals surface area contributed by atoms with Gasteiger partial charge in [0.05, 0.1) is 13.2 Å². The molecule has 1 unspecified atom stereocenters. The quantitative estimate of drug-likeness (QED) is 0.177. The van der Waals surface area contributed by atoms with Gasteiger partial charge in [0.1, 0.15) is 11.7 Å². The van der Waals surface area contributed by atoms with Crippen molar-refractivity contribution >= 4 is 47.5 Å². The van der Waals surface area contributed by atoms with Crippen LogP contribution < -0.4 is 15.5 Å². The molecule has 1 heterocycles. The number of hydrogen-bond donors (Lipinski definition) is 1.